The summed E-state index contributed by atoms with van der Waals surface area (Å²) in [6.45, 7) is 7.47. The number of hydrogen-bond donors (Lipinski definition) is 0. The average Bonchev–Trinajstić information content (AvgIpc) is 2.69. The molecule has 148 valence electrons. The molecule has 0 bridgehead atoms. The Labute approximate surface area is 161 Å². The highest BCUT2D eigenvalue weighted by Gasteiger charge is 2.25. The molecule has 1 heterocycles. The number of fused-ring (bicyclic) bond motifs is 1. The van der Waals surface area contributed by atoms with Gasteiger partial charge in [-0.2, -0.15) is 0 Å². The van der Waals surface area contributed by atoms with Crippen molar-refractivity contribution in [3.63, 3.8) is 0 Å². The second-order valence-electron chi connectivity index (χ2n) is 6.76. The van der Waals surface area contributed by atoms with E-state index < -0.39 is 0 Å². The summed E-state index contributed by atoms with van der Waals surface area (Å²) in [5.74, 6) is 0.702. The maximum absolute atomic E-state index is 13.0. The summed E-state index contributed by atoms with van der Waals surface area (Å²) in [5.41, 5.74) is 0.576. The maximum atomic E-state index is 13.0. The number of nitrogens with zero attached hydrogens (tertiary/aromatic N) is 3. The molecule has 6 heteroatoms. The van der Waals surface area contributed by atoms with Crippen LogP contribution in [0.5, 0.6) is 0 Å². The normalized spacial score (nSPS) is 12.3. The van der Waals surface area contributed by atoms with Gasteiger partial charge in [0.15, 0.2) is 0 Å². The Hall–Kier alpha value is -2.21. The highest BCUT2D eigenvalue weighted by molar-refractivity contribution is 5.78. The van der Waals surface area contributed by atoms with Gasteiger partial charge in [0.25, 0.3) is 5.56 Å². The van der Waals surface area contributed by atoms with Crippen molar-refractivity contribution in [2.45, 2.75) is 59.0 Å². The van der Waals surface area contributed by atoms with Crippen molar-refractivity contribution >= 4 is 16.8 Å². The minimum atomic E-state index is -0.275. The molecule has 1 aromatic carbocycles. The van der Waals surface area contributed by atoms with Gasteiger partial charge >= 0.3 is 0 Å². The van der Waals surface area contributed by atoms with Gasteiger partial charge < -0.3 is 9.64 Å². The minimum absolute atomic E-state index is 0.0827. The highest BCUT2D eigenvalue weighted by atomic mass is 16.5. The van der Waals surface area contributed by atoms with E-state index >= 15 is 0 Å². The molecule has 2 rings (SSSR count). The van der Waals surface area contributed by atoms with Crippen molar-refractivity contribution in [3.05, 3.63) is 40.4 Å². The molecule has 0 spiro atoms. The van der Waals surface area contributed by atoms with Crippen LogP contribution in [0.15, 0.2) is 29.1 Å². The Bertz CT molecular complexity index is 816. The summed E-state index contributed by atoms with van der Waals surface area (Å²) in [4.78, 5) is 32.3. The second-order valence-corrected chi connectivity index (χ2v) is 6.76. The number of rotatable bonds is 10. The number of carbonyl (C=O) groups excluding carboxylic acids is 1. The number of hydrogen-bond acceptors (Lipinski definition) is 4. The lowest BCUT2D eigenvalue weighted by Crippen LogP contribution is -2.38. The molecule has 1 atom stereocenters. The van der Waals surface area contributed by atoms with Crippen LogP contribution >= 0.6 is 0 Å². The van der Waals surface area contributed by atoms with Gasteiger partial charge in [0, 0.05) is 20.1 Å². The number of unbranched alkanes of at least 4 members (excludes halogenated alkanes) is 2. The molecular formula is C21H31N3O3. The molecule has 0 aliphatic carbocycles. The van der Waals surface area contributed by atoms with Gasteiger partial charge in [0.05, 0.1) is 30.1 Å². The predicted molar refractivity (Wildman–Crippen MR) is 108 cm³/mol. The molecule has 0 aliphatic heterocycles. The van der Waals surface area contributed by atoms with E-state index in [0.29, 0.717) is 42.8 Å². The molecular weight excluding hydrogens is 342 g/mol. The molecule has 2 aromatic rings. The van der Waals surface area contributed by atoms with Gasteiger partial charge in [0.2, 0.25) is 5.91 Å². The second kappa shape index (κ2) is 10.2. The molecule has 0 N–H and O–H groups in total. The standard InChI is InChI=1S/C21H31N3O3/c1-5-7-10-13-23(19(25)6-2)16(3)20-22-18-12-9-8-11-17(18)21(26)24(20)14-15-27-4/h8-9,11-12,16H,5-7,10,13-15H2,1-4H3. The summed E-state index contributed by atoms with van der Waals surface area (Å²) in [6.07, 6.45) is 3.55. The topological polar surface area (TPSA) is 64.4 Å². The van der Waals surface area contributed by atoms with Gasteiger partial charge in [-0.15, -0.1) is 0 Å². The van der Waals surface area contributed by atoms with E-state index in [4.69, 9.17) is 9.72 Å². The number of para-hydroxylation sites is 1. The lowest BCUT2D eigenvalue weighted by atomic mass is 10.1. The number of amides is 1. The Morgan fingerprint density at radius 3 is 2.67 bits per heavy atom. The van der Waals surface area contributed by atoms with Gasteiger partial charge in [-0.3, -0.25) is 14.2 Å². The molecule has 0 radical (unpaired) electrons. The minimum Gasteiger partial charge on any atom is -0.383 e. The Balaban J connectivity index is 2.51. The third kappa shape index (κ3) is 4.95. The zero-order chi connectivity index (χ0) is 19.8. The van der Waals surface area contributed by atoms with Crippen LogP contribution in [-0.2, 0) is 16.1 Å². The summed E-state index contributed by atoms with van der Waals surface area (Å²) < 4.78 is 6.85. The number of aromatic nitrogens is 2. The lowest BCUT2D eigenvalue weighted by Gasteiger charge is -2.30. The number of benzene rings is 1. The van der Waals surface area contributed by atoms with Gasteiger partial charge in [0.1, 0.15) is 5.82 Å². The van der Waals surface area contributed by atoms with Crippen LogP contribution in [0, 0.1) is 0 Å². The van der Waals surface area contributed by atoms with Crippen LogP contribution in [0.3, 0.4) is 0 Å². The third-order valence-corrected chi connectivity index (χ3v) is 4.88. The molecule has 0 aliphatic rings. The van der Waals surface area contributed by atoms with Crippen molar-refractivity contribution in [1.82, 2.24) is 14.5 Å². The molecule has 0 saturated carbocycles. The summed E-state index contributed by atoms with van der Waals surface area (Å²) in [5, 5.41) is 0.587. The molecule has 27 heavy (non-hydrogen) atoms. The molecule has 6 nitrogen and oxygen atoms in total. The van der Waals surface area contributed by atoms with Crippen LogP contribution in [0.25, 0.3) is 10.9 Å². The fourth-order valence-corrected chi connectivity index (χ4v) is 3.31. The Morgan fingerprint density at radius 1 is 1.26 bits per heavy atom. The van der Waals surface area contributed by atoms with E-state index in [-0.39, 0.29) is 17.5 Å². The SMILES string of the molecule is CCCCCN(C(=O)CC)C(C)c1nc2ccccc2c(=O)n1CCOC. The van der Waals surface area contributed by atoms with E-state index in [1.165, 1.54) is 0 Å². The first kappa shape index (κ1) is 21.1. The molecule has 0 saturated heterocycles. The molecule has 0 fully saturated rings. The predicted octanol–water partition coefficient (Wildman–Crippen LogP) is 3.53. The van der Waals surface area contributed by atoms with Gasteiger partial charge in [-0.05, 0) is 25.5 Å². The van der Waals surface area contributed by atoms with Crippen molar-refractivity contribution < 1.29 is 9.53 Å². The average molecular weight is 373 g/mol. The lowest BCUT2D eigenvalue weighted by molar-refractivity contribution is -0.133. The first-order valence-corrected chi connectivity index (χ1v) is 9.83. The van der Waals surface area contributed by atoms with Gasteiger partial charge in [-0.1, -0.05) is 38.8 Å². The maximum Gasteiger partial charge on any atom is 0.261 e. The molecule has 1 unspecified atom stereocenters. The first-order chi connectivity index (χ1) is 13.0. The molecule has 1 aromatic heterocycles. The van der Waals surface area contributed by atoms with E-state index in [1.807, 2.05) is 36.9 Å². The van der Waals surface area contributed by atoms with Crippen LogP contribution in [0.4, 0.5) is 0 Å². The zero-order valence-electron chi connectivity index (χ0n) is 16.9. The van der Waals surface area contributed by atoms with Crippen LogP contribution in [0.1, 0.15) is 58.3 Å². The fourth-order valence-electron chi connectivity index (χ4n) is 3.31. The van der Waals surface area contributed by atoms with E-state index in [0.717, 1.165) is 19.3 Å². The van der Waals surface area contributed by atoms with Crippen molar-refractivity contribution in [2.24, 2.45) is 0 Å². The Morgan fingerprint density at radius 2 is 2.00 bits per heavy atom. The smallest absolute Gasteiger partial charge is 0.261 e. The molecule has 1 amide bonds. The number of methoxy groups -OCH3 is 1. The van der Waals surface area contributed by atoms with Crippen LogP contribution in [0.2, 0.25) is 0 Å². The zero-order valence-corrected chi connectivity index (χ0v) is 16.9. The summed E-state index contributed by atoms with van der Waals surface area (Å²) in [6, 6.07) is 7.07. The van der Waals surface area contributed by atoms with E-state index in [2.05, 4.69) is 6.92 Å². The van der Waals surface area contributed by atoms with E-state index in [9.17, 15) is 9.59 Å². The fraction of sp³-hybridized carbons (Fsp3) is 0.571. The van der Waals surface area contributed by atoms with E-state index in [1.54, 1.807) is 17.7 Å². The summed E-state index contributed by atoms with van der Waals surface area (Å²) >= 11 is 0. The third-order valence-electron chi connectivity index (χ3n) is 4.88. The van der Waals surface area contributed by atoms with Crippen molar-refractivity contribution in [3.8, 4) is 0 Å². The number of ether oxygens (including phenoxy) is 1. The Kier molecular flexibility index (Phi) is 7.98. The first-order valence-electron chi connectivity index (χ1n) is 9.83. The summed E-state index contributed by atoms with van der Waals surface area (Å²) in [7, 11) is 1.61. The highest BCUT2D eigenvalue weighted by Crippen LogP contribution is 2.21. The quantitative estimate of drug-likeness (QED) is 0.598. The largest absolute Gasteiger partial charge is 0.383 e. The van der Waals surface area contributed by atoms with Crippen LogP contribution < -0.4 is 5.56 Å². The number of carbonyl (C=O) groups is 1. The van der Waals surface area contributed by atoms with Crippen LogP contribution in [-0.4, -0.2) is 40.6 Å². The van der Waals surface area contributed by atoms with Crippen molar-refractivity contribution in [1.29, 1.82) is 0 Å². The monoisotopic (exact) mass is 373 g/mol. The van der Waals surface area contributed by atoms with Gasteiger partial charge in [-0.25, -0.2) is 4.98 Å². The van der Waals surface area contributed by atoms with Crippen molar-refractivity contribution in [2.75, 3.05) is 20.3 Å².